The highest BCUT2D eigenvalue weighted by molar-refractivity contribution is 5.47. The van der Waals surface area contributed by atoms with E-state index in [1.807, 2.05) is 6.07 Å². The summed E-state index contributed by atoms with van der Waals surface area (Å²) in [6, 6.07) is 21.4. The molecule has 0 heterocycles. The zero-order chi connectivity index (χ0) is 14.8. The van der Waals surface area contributed by atoms with Crippen molar-refractivity contribution in [3.63, 3.8) is 0 Å². The van der Waals surface area contributed by atoms with Gasteiger partial charge in [-0.2, -0.15) is 0 Å². The highest BCUT2D eigenvalue weighted by Crippen LogP contribution is 2.24. The average molecular weight is 271 g/mol. The van der Waals surface area contributed by atoms with Crippen LogP contribution in [0.3, 0.4) is 0 Å². The van der Waals surface area contributed by atoms with Crippen molar-refractivity contribution in [1.82, 2.24) is 0 Å². The molecule has 0 bridgehead atoms. The maximum absolute atomic E-state index is 8.95. The summed E-state index contributed by atoms with van der Waals surface area (Å²) in [6.45, 7) is 2.60. The number of rotatable bonds is 4. The smallest absolute Gasteiger partial charge is 0.292 e. The summed E-state index contributed by atoms with van der Waals surface area (Å²) in [5.41, 5.74) is 2.59. The Balaban J connectivity index is 0.000000444. The lowest BCUT2D eigenvalue weighted by Crippen LogP contribution is -2.21. The minimum Gasteiger partial charge on any atom is -0.471 e. The van der Waals surface area contributed by atoms with Gasteiger partial charge in [0.25, 0.3) is 6.47 Å². The zero-order valence-electron chi connectivity index (χ0n) is 12.2. The Hall–Kier alpha value is -2.29. The quantitative estimate of drug-likeness (QED) is 0.795. The second-order valence-corrected chi connectivity index (χ2v) is 4.37. The lowest BCUT2D eigenvalue weighted by atomic mass is 10.1. The standard InChI is InChI=1S/C15H17N.C2H4O2/c1-13(14-9-5-3-6-10-14)16(2)15-11-7-4-8-12-15;1-4-2-3/h3-13H,1-2H3;2H,1H3. The molecule has 0 aliphatic carbocycles. The number of nitrogens with zero attached hydrogens (tertiary/aromatic N) is 1. The minimum atomic E-state index is 0.375. The van der Waals surface area contributed by atoms with Gasteiger partial charge in [-0.15, -0.1) is 0 Å². The second-order valence-electron chi connectivity index (χ2n) is 4.37. The lowest BCUT2D eigenvalue weighted by molar-refractivity contribution is -0.126. The molecular weight excluding hydrogens is 250 g/mol. The minimum absolute atomic E-state index is 0.375. The van der Waals surface area contributed by atoms with Crippen LogP contribution in [0, 0.1) is 0 Å². The van der Waals surface area contributed by atoms with Crippen LogP contribution in [-0.2, 0) is 9.53 Å². The van der Waals surface area contributed by atoms with Gasteiger partial charge in [-0.3, -0.25) is 4.79 Å². The SMILES string of the molecule is CC(c1ccccc1)N(C)c1ccccc1.COC=O. The largest absolute Gasteiger partial charge is 0.471 e. The molecule has 0 N–H and O–H groups in total. The molecule has 3 heteroatoms. The fraction of sp³-hybridized carbons (Fsp3) is 0.235. The first kappa shape index (κ1) is 15.8. The molecule has 0 fully saturated rings. The van der Waals surface area contributed by atoms with Gasteiger partial charge in [0.2, 0.25) is 0 Å². The molecule has 2 aromatic rings. The van der Waals surface area contributed by atoms with Crippen molar-refractivity contribution in [3.8, 4) is 0 Å². The molecular formula is C17H21NO2. The number of benzene rings is 2. The maximum atomic E-state index is 8.95. The first-order valence-corrected chi connectivity index (χ1v) is 6.50. The molecule has 2 rings (SSSR count). The van der Waals surface area contributed by atoms with Crippen molar-refractivity contribution in [2.75, 3.05) is 19.1 Å². The van der Waals surface area contributed by atoms with E-state index in [4.69, 9.17) is 4.79 Å². The molecule has 0 radical (unpaired) electrons. The van der Waals surface area contributed by atoms with Gasteiger partial charge in [-0.05, 0) is 24.6 Å². The topological polar surface area (TPSA) is 29.5 Å². The van der Waals surface area contributed by atoms with Crippen LogP contribution >= 0.6 is 0 Å². The van der Waals surface area contributed by atoms with Crippen LogP contribution in [0.1, 0.15) is 18.5 Å². The van der Waals surface area contributed by atoms with Crippen molar-refractivity contribution < 1.29 is 9.53 Å². The van der Waals surface area contributed by atoms with Crippen LogP contribution < -0.4 is 4.90 Å². The van der Waals surface area contributed by atoms with Crippen LogP contribution in [0.2, 0.25) is 0 Å². The summed E-state index contributed by atoms with van der Waals surface area (Å²) in [5, 5.41) is 0. The Morgan fingerprint density at radius 3 is 1.90 bits per heavy atom. The van der Waals surface area contributed by atoms with Crippen LogP contribution in [0.15, 0.2) is 60.7 Å². The lowest BCUT2D eigenvalue weighted by Gasteiger charge is -2.27. The summed E-state index contributed by atoms with van der Waals surface area (Å²) >= 11 is 0. The molecule has 0 saturated carbocycles. The van der Waals surface area contributed by atoms with Crippen molar-refractivity contribution in [1.29, 1.82) is 0 Å². The van der Waals surface area contributed by atoms with E-state index in [1.165, 1.54) is 18.4 Å². The molecule has 1 unspecified atom stereocenters. The fourth-order valence-corrected chi connectivity index (χ4v) is 1.84. The van der Waals surface area contributed by atoms with Gasteiger partial charge in [0.15, 0.2) is 0 Å². The summed E-state index contributed by atoms with van der Waals surface area (Å²) in [6.07, 6.45) is 0. The number of hydrogen-bond acceptors (Lipinski definition) is 3. The average Bonchev–Trinajstić information content (AvgIpc) is 2.55. The van der Waals surface area contributed by atoms with Crippen LogP contribution in [0.25, 0.3) is 0 Å². The van der Waals surface area contributed by atoms with E-state index in [1.54, 1.807) is 0 Å². The number of anilines is 1. The Kier molecular flexibility index (Phi) is 6.90. The van der Waals surface area contributed by atoms with E-state index in [-0.39, 0.29) is 0 Å². The predicted molar refractivity (Wildman–Crippen MR) is 82.8 cm³/mol. The molecule has 0 saturated heterocycles. The first-order chi connectivity index (χ1) is 9.70. The number of ether oxygens (including phenoxy) is 1. The number of carbonyl (C=O) groups is 1. The summed E-state index contributed by atoms with van der Waals surface area (Å²) < 4.78 is 3.86. The summed E-state index contributed by atoms with van der Waals surface area (Å²) in [7, 11) is 3.44. The van der Waals surface area contributed by atoms with Crippen molar-refractivity contribution >= 4 is 12.2 Å². The Morgan fingerprint density at radius 2 is 1.45 bits per heavy atom. The van der Waals surface area contributed by atoms with Crippen molar-refractivity contribution in [2.45, 2.75) is 13.0 Å². The third-order valence-electron chi connectivity index (χ3n) is 3.12. The molecule has 2 aromatic carbocycles. The summed E-state index contributed by atoms with van der Waals surface area (Å²) in [4.78, 5) is 11.2. The van der Waals surface area contributed by atoms with Gasteiger partial charge < -0.3 is 9.64 Å². The molecule has 106 valence electrons. The Morgan fingerprint density at radius 1 is 1.00 bits per heavy atom. The predicted octanol–water partition coefficient (Wildman–Crippen LogP) is 3.67. The van der Waals surface area contributed by atoms with E-state index in [9.17, 15) is 0 Å². The fourth-order valence-electron chi connectivity index (χ4n) is 1.84. The highest BCUT2D eigenvalue weighted by Gasteiger charge is 2.10. The van der Waals surface area contributed by atoms with Gasteiger partial charge in [-0.25, -0.2) is 0 Å². The normalized spacial score (nSPS) is 10.8. The highest BCUT2D eigenvalue weighted by atomic mass is 16.5. The molecule has 0 aliphatic rings. The molecule has 20 heavy (non-hydrogen) atoms. The number of para-hydroxylation sites is 1. The summed E-state index contributed by atoms with van der Waals surface area (Å²) in [5.74, 6) is 0. The number of methoxy groups -OCH3 is 1. The van der Waals surface area contributed by atoms with Gasteiger partial charge in [0.1, 0.15) is 0 Å². The maximum Gasteiger partial charge on any atom is 0.292 e. The molecule has 0 spiro atoms. The third kappa shape index (κ3) is 4.76. The molecule has 0 amide bonds. The zero-order valence-corrected chi connectivity index (χ0v) is 12.2. The van der Waals surface area contributed by atoms with Crippen LogP contribution in [-0.4, -0.2) is 20.6 Å². The Labute approximate surface area is 120 Å². The molecule has 0 aliphatic heterocycles. The molecule has 3 nitrogen and oxygen atoms in total. The van der Waals surface area contributed by atoms with Gasteiger partial charge in [-0.1, -0.05) is 48.5 Å². The first-order valence-electron chi connectivity index (χ1n) is 6.50. The van der Waals surface area contributed by atoms with Gasteiger partial charge >= 0.3 is 0 Å². The van der Waals surface area contributed by atoms with E-state index >= 15 is 0 Å². The van der Waals surface area contributed by atoms with E-state index in [0.717, 1.165) is 0 Å². The van der Waals surface area contributed by atoms with E-state index in [0.29, 0.717) is 12.5 Å². The van der Waals surface area contributed by atoms with Crippen LogP contribution in [0.5, 0.6) is 0 Å². The Bertz CT molecular complexity index is 441. The third-order valence-corrected chi connectivity index (χ3v) is 3.12. The van der Waals surface area contributed by atoms with Crippen molar-refractivity contribution in [3.05, 3.63) is 66.2 Å². The van der Waals surface area contributed by atoms with Gasteiger partial charge in [0, 0.05) is 12.7 Å². The molecule has 1 atom stereocenters. The second kappa shape index (κ2) is 8.75. The van der Waals surface area contributed by atoms with Gasteiger partial charge in [0.05, 0.1) is 13.2 Å². The van der Waals surface area contributed by atoms with E-state index < -0.39 is 0 Å². The van der Waals surface area contributed by atoms with Crippen LogP contribution in [0.4, 0.5) is 5.69 Å². The number of hydrogen-bond donors (Lipinski definition) is 0. The number of carbonyl (C=O) groups excluding carboxylic acids is 1. The van der Waals surface area contributed by atoms with Crippen molar-refractivity contribution in [2.24, 2.45) is 0 Å². The van der Waals surface area contributed by atoms with E-state index in [2.05, 4.69) is 78.2 Å². The monoisotopic (exact) mass is 271 g/mol. The molecule has 0 aromatic heterocycles.